The van der Waals surface area contributed by atoms with E-state index in [9.17, 15) is 9.18 Å². The Morgan fingerprint density at radius 3 is 2.23 bits per heavy atom. The maximum Gasteiger partial charge on any atom is 0.363 e. The number of hydrogen-bond acceptors (Lipinski definition) is 4. The van der Waals surface area contributed by atoms with Crippen LogP contribution < -0.4 is 4.74 Å². The predicted octanol–water partition coefficient (Wildman–Crippen LogP) is 6.69. The van der Waals surface area contributed by atoms with Gasteiger partial charge in [-0.3, -0.25) is 0 Å². The summed E-state index contributed by atoms with van der Waals surface area (Å²) in [6, 6.07) is 13.2. The van der Waals surface area contributed by atoms with Crippen molar-refractivity contribution in [3.63, 3.8) is 0 Å². The summed E-state index contributed by atoms with van der Waals surface area (Å²) >= 11 is 0. The Kier molecular flexibility index (Phi) is 8.83. The Hall–Kier alpha value is -2.95. The molecule has 5 heteroatoms. The fourth-order valence-corrected chi connectivity index (χ4v) is 3.37. The molecule has 0 unspecified atom stereocenters. The fraction of sp³-hybridized carbons (Fsp3) is 0.385. The molecule has 3 rings (SSSR count). The van der Waals surface area contributed by atoms with Gasteiger partial charge in [-0.1, -0.05) is 64.0 Å². The molecule has 0 atom stereocenters. The number of hydrogen-bond donors (Lipinski definition) is 0. The fourth-order valence-electron chi connectivity index (χ4n) is 3.37. The van der Waals surface area contributed by atoms with Crippen molar-refractivity contribution in [2.45, 2.75) is 58.3 Å². The number of esters is 1. The molecule has 2 aromatic rings. The van der Waals surface area contributed by atoms with Crippen molar-refractivity contribution in [3.05, 3.63) is 71.2 Å². The number of carbonyl (C=O) groups excluding carboxylic acids is 1. The van der Waals surface area contributed by atoms with Crippen LogP contribution in [0.5, 0.6) is 5.75 Å². The molecule has 1 heterocycles. The zero-order chi connectivity index (χ0) is 21.9. The van der Waals surface area contributed by atoms with Crippen molar-refractivity contribution < 1.29 is 18.7 Å². The van der Waals surface area contributed by atoms with E-state index in [0.29, 0.717) is 17.7 Å². The lowest BCUT2D eigenvalue weighted by atomic mass is 10.1. The number of nitrogens with zero attached hydrogens (tertiary/aromatic N) is 1. The lowest BCUT2D eigenvalue weighted by Gasteiger charge is -2.07. The van der Waals surface area contributed by atoms with Gasteiger partial charge in [-0.25, -0.2) is 14.2 Å². The molecule has 1 aliphatic rings. The number of halogens is 1. The SMILES string of the molecule is CCCCCCCCCCOc1ccc(C2=NC(=Cc3ccc(F)cc3)C(=O)O2)cc1. The van der Waals surface area contributed by atoms with Gasteiger partial charge in [0.15, 0.2) is 5.70 Å². The first-order valence-corrected chi connectivity index (χ1v) is 11.2. The third kappa shape index (κ3) is 7.35. The number of carbonyl (C=O) groups is 1. The van der Waals surface area contributed by atoms with Crippen LogP contribution in [0.3, 0.4) is 0 Å². The van der Waals surface area contributed by atoms with Crippen molar-refractivity contribution in [3.8, 4) is 5.75 Å². The molecule has 0 spiro atoms. The molecule has 0 amide bonds. The highest BCUT2D eigenvalue weighted by Gasteiger charge is 2.24. The summed E-state index contributed by atoms with van der Waals surface area (Å²) in [6.45, 7) is 2.94. The van der Waals surface area contributed by atoms with E-state index in [0.717, 1.165) is 12.2 Å². The lowest BCUT2D eigenvalue weighted by molar-refractivity contribution is -0.129. The minimum Gasteiger partial charge on any atom is -0.494 e. The lowest BCUT2D eigenvalue weighted by Crippen LogP contribution is -2.05. The van der Waals surface area contributed by atoms with E-state index in [1.54, 1.807) is 18.2 Å². The molecule has 0 saturated heterocycles. The van der Waals surface area contributed by atoms with Crippen LogP contribution in [0.25, 0.3) is 6.08 Å². The number of unbranched alkanes of at least 4 members (excludes halogenated alkanes) is 7. The molecule has 4 nitrogen and oxygen atoms in total. The van der Waals surface area contributed by atoms with Crippen LogP contribution in [0.2, 0.25) is 0 Å². The van der Waals surface area contributed by atoms with Crippen molar-refractivity contribution in [1.82, 2.24) is 0 Å². The summed E-state index contributed by atoms with van der Waals surface area (Å²) in [5.41, 5.74) is 1.58. The molecular formula is C26H30FNO3. The first-order valence-electron chi connectivity index (χ1n) is 11.2. The Balaban J connectivity index is 1.45. The van der Waals surface area contributed by atoms with Gasteiger partial charge in [0.05, 0.1) is 6.61 Å². The number of benzene rings is 2. The third-order valence-electron chi connectivity index (χ3n) is 5.16. The van der Waals surface area contributed by atoms with E-state index in [1.807, 2.05) is 24.3 Å². The summed E-state index contributed by atoms with van der Waals surface area (Å²) in [5, 5.41) is 0. The Morgan fingerprint density at radius 1 is 0.903 bits per heavy atom. The smallest absolute Gasteiger partial charge is 0.363 e. The third-order valence-corrected chi connectivity index (χ3v) is 5.16. The van der Waals surface area contributed by atoms with Crippen LogP contribution in [0, 0.1) is 5.82 Å². The number of rotatable bonds is 12. The molecule has 1 aliphatic heterocycles. The van der Waals surface area contributed by atoms with Gasteiger partial charge in [-0.2, -0.15) is 0 Å². The summed E-state index contributed by atoms with van der Waals surface area (Å²) in [6.07, 6.45) is 11.7. The summed E-state index contributed by atoms with van der Waals surface area (Å²) in [5.74, 6) is 0.200. The van der Waals surface area contributed by atoms with Gasteiger partial charge < -0.3 is 9.47 Å². The maximum absolute atomic E-state index is 13.0. The van der Waals surface area contributed by atoms with E-state index in [4.69, 9.17) is 9.47 Å². The molecule has 0 aromatic heterocycles. The topological polar surface area (TPSA) is 47.9 Å². The standard InChI is InChI=1S/C26H30FNO3/c1-2-3-4-5-6-7-8-9-18-30-23-16-12-21(13-17-23)25-28-24(26(29)31-25)19-20-10-14-22(27)15-11-20/h10-17,19H,2-9,18H2,1H3. The highest BCUT2D eigenvalue weighted by Crippen LogP contribution is 2.21. The number of aliphatic imine (C=N–C) groups is 1. The average Bonchev–Trinajstić information content (AvgIpc) is 3.15. The molecule has 0 saturated carbocycles. The maximum atomic E-state index is 13.0. The van der Waals surface area contributed by atoms with Crippen molar-refractivity contribution in [2.75, 3.05) is 6.61 Å². The van der Waals surface area contributed by atoms with E-state index >= 15 is 0 Å². The Morgan fingerprint density at radius 2 is 1.55 bits per heavy atom. The van der Waals surface area contributed by atoms with Gasteiger partial charge in [0.25, 0.3) is 0 Å². The van der Waals surface area contributed by atoms with Gasteiger partial charge >= 0.3 is 5.97 Å². The first-order chi connectivity index (χ1) is 15.2. The zero-order valence-electron chi connectivity index (χ0n) is 18.1. The Bertz CT molecular complexity index is 901. The van der Waals surface area contributed by atoms with Crippen LogP contribution in [-0.2, 0) is 9.53 Å². The second-order valence-corrected chi connectivity index (χ2v) is 7.74. The quantitative estimate of drug-likeness (QED) is 0.217. The van der Waals surface area contributed by atoms with Gasteiger partial charge in [-0.15, -0.1) is 0 Å². The average molecular weight is 424 g/mol. The highest BCUT2D eigenvalue weighted by molar-refractivity contribution is 6.12. The molecule has 31 heavy (non-hydrogen) atoms. The second-order valence-electron chi connectivity index (χ2n) is 7.74. The van der Waals surface area contributed by atoms with Crippen molar-refractivity contribution in [2.24, 2.45) is 4.99 Å². The normalized spacial score (nSPS) is 14.6. The molecule has 164 valence electrons. The molecule has 0 aliphatic carbocycles. The molecule has 0 fully saturated rings. The van der Waals surface area contributed by atoms with Gasteiger partial charge in [0.1, 0.15) is 11.6 Å². The number of ether oxygens (including phenoxy) is 2. The van der Waals surface area contributed by atoms with Crippen molar-refractivity contribution in [1.29, 1.82) is 0 Å². The minimum absolute atomic E-state index is 0.191. The van der Waals surface area contributed by atoms with Crippen LogP contribution in [0.1, 0.15) is 69.4 Å². The second kappa shape index (κ2) is 12.0. The van der Waals surface area contributed by atoms with E-state index in [-0.39, 0.29) is 17.4 Å². The van der Waals surface area contributed by atoms with Crippen LogP contribution in [0.15, 0.2) is 59.2 Å². The molecular weight excluding hydrogens is 393 g/mol. The number of cyclic esters (lactones) is 1. The summed E-state index contributed by atoms with van der Waals surface area (Å²) < 4.78 is 24.1. The van der Waals surface area contributed by atoms with Gasteiger partial charge in [0.2, 0.25) is 5.90 Å². The highest BCUT2D eigenvalue weighted by atomic mass is 19.1. The van der Waals surface area contributed by atoms with Crippen LogP contribution in [-0.4, -0.2) is 18.5 Å². The molecule has 2 aromatic carbocycles. The first kappa shape index (κ1) is 22.7. The van der Waals surface area contributed by atoms with Crippen LogP contribution >= 0.6 is 0 Å². The Labute approximate surface area is 183 Å². The largest absolute Gasteiger partial charge is 0.494 e. The molecule has 0 bridgehead atoms. The molecule has 0 radical (unpaired) electrons. The predicted molar refractivity (Wildman–Crippen MR) is 122 cm³/mol. The molecule has 0 N–H and O–H groups in total. The van der Waals surface area contributed by atoms with Gasteiger partial charge in [0, 0.05) is 5.56 Å². The van der Waals surface area contributed by atoms with Crippen molar-refractivity contribution >= 4 is 17.9 Å². The minimum atomic E-state index is -0.519. The summed E-state index contributed by atoms with van der Waals surface area (Å²) in [7, 11) is 0. The zero-order valence-corrected chi connectivity index (χ0v) is 18.1. The summed E-state index contributed by atoms with van der Waals surface area (Å²) in [4.78, 5) is 16.4. The van der Waals surface area contributed by atoms with E-state index in [1.165, 1.54) is 57.1 Å². The van der Waals surface area contributed by atoms with E-state index < -0.39 is 5.97 Å². The monoisotopic (exact) mass is 423 g/mol. The van der Waals surface area contributed by atoms with Gasteiger partial charge in [-0.05, 0) is 54.5 Å². The van der Waals surface area contributed by atoms with E-state index in [2.05, 4.69) is 11.9 Å². The van der Waals surface area contributed by atoms with Crippen LogP contribution in [0.4, 0.5) is 4.39 Å².